The molecule has 2 amide bonds. The van der Waals surface area contributed by atoms with Crippen LogP contribution in [0, 0.1) is 11.8 Å². The van der Waals surface area contributed by atoms with E-state index in [1.54, 1.807) is 25.8 Å². The van der Waals surface area contributed by atoms with Crippen molar-refractivity contribution in [2.24, 2.45) is 11.8 Å². The van der Waals surface area contributed by atoms with Crippen LogP contribution in [0.5, 0.6) is 0 Å². The van der Waals surface area contributed by atoms with Crippen molar-refractivity contribution in [3.8, 4) is 0 Å². The smallest absolute Gasteiger partial charge is 0.326 e. The van der Waals surface area contributed by atoms with Crippen LogP contribution in [0.3, 0.4) is 0 Å². The predicted molar refractivity (Wildman–Crippen MR) is 74.0 cm³/mol. The van der Waals surface area contributed by atoms with Gasteiger partial charge in [-0.05, 0) is 37.5 Å². The molecule has 5 heteroatoms. The fourth-order valence-electron chi connectivity index (χ4n) is 2.54. The van der Waals surface area contributed by atoms with Crippen LogP contribution in [-0.2, 0) is 4.79 Å². The monoisotopic (exact) mass is 270 g/mol. The van der Waals surface area contributed by atoms with E-state index in [0.717, 1.165) is 31.6 Å². The molecule has 1 atom stereocenters. The average molecular weight is 270 g/mol. The number of urea groups is 1. The van der Waals surface area contributed by atoms with Gasteiger partial charge in [-0.1, -0.05) is 20.8 Å². The van der Waals surface area contributed by atoms with Gasteiger partial charge >= 0.3 is 12.0 Å². The average Bonchev–Trinajstić information content (AvgIpc) is 2.34. The summed E-state index contributed by atoms with van der Waals surface area (Å²) < 4.78 is 0. The Labute approximate surface area is 115 Å². The molecule has 0 saturated heterocycles. The number of amides is 2. The summed E-state index contributed by atoms with van der Waals surface area (Å²) in [5, 5.41) is 11.7. The number of carbonyl (C=O) groups excluding carboxylic acids is 1. The van der Waals surface area contributed by atoms with E-state index in [9.17, 15) is 9.59 Å². The summed E-state index contributed by atoms with van der Waals surface area (Å²) in [4.78, 5) is 24.9. The lowest BCUT2D eigenvalue weighted by Crippen LogP contribution is -2.52. The van der Waals surface area contributed by atoms with Gasteiger partial charge < -0.3 is 15.3 Å². The molecule has 2 N–H and O–H groups in total. The molecule has 1 unspecified atom stereocenters. The Hall–Kier alpha value is -1.26. The maximum Gasteiger partial charge on any atom is 0.326 e. The van der Waals surface area contributed by atoms with Gasteiger partial charge in [-0.3, -0.25) is 0 Å². The minimum atomic E-state index is -0.978. The fourth-order valence-corrected chi connectivity index (χ4v) is 2.54. The Morgan fingerprint density at radius 2 is 1.74 bits per heavy atom. The molecule has 0 aromatic carbocycles. The van der Waals surface area contributed by atoms with Crippen LogP contribution in [0.15, 0.2) is 0 Å². The SMILES string of the molecule is CC1CCC(N(C)C(=O)NC(C(=O)O)C(C)C)CC1. The quantitative estimate of drug-likeness (QED) is 0.823. The molecule has 1 aliphatic rings. The minimum absolute atomic E-state index is 0.124. The van der Waals surface area contributed by atoms with Gasteiger partial charge in [0.1, 0.15) is 6.04 Å². The molecular weight excluding hydrogens is 244 g/mol. The van der Waals surface area contributed by atoms with E-state index < -0.39 is 12.0 Å². The number of carbonyl (C=O) groups is 2. The molecule has 1 saturated carbocycles. The molecule has 5 nitrogen and oxygen atoms in total. The summed E-state index contributed by atoms with van der Waals surface area (Å²) in [6, 6.07) is -0.865. The van der Waals surface area contributed by atoms with Gasteiger partial charge in [-0.25, -0.2) is 9.59 Å². The van der Waals surface area contributed by atoms with E-state index in [0.29, 0.717) is 0 Å². The van der Waals surface area contributed by atoms with E-state index >= 15 is 0 Å². The third-order valence-corrected chi connectivity index (χ3v) is 4.07. The number of carboxylic acid groups (broad SMARTS) is 1. The van der Waals surface area contributed by atoms with Gasteiger partial charge in [0.05, 0.1) is 0 Å². The van der Waals surface area contributed by atoms with Crippen molar-refractivity contribution >= 4 is 12.0 Å². The van der Waals surface area contributed by atoms with E-state index in [-0.39, 0.29) is 18.0 Å². The number of nitrogens with zero attached hydrogens (tertiary/aromatic N) is 1. The van der Waals surface area contributed by atoms with Crippen LogP contribution in [-0.4, -0.2) is 41.1 Å². The molecule has 0 spiro atoms. The second-order valence-electron chi connectivity index (χ2n) is 6.03. The number of hydrogen-bond donors (Lipinski definition) is 2. The first-order valence-electron chi connectivity index (χ1n) is 7.09. The van der Waals surface area contributed by atoms with E-state index in [2.05, 4.69) is 12.2 Å². The number of carboxylic acids is 1. The van der Waals surface area contributed by atoms with E-state index in [4.69, 9.17) is 5.11 Å². The fraction of sp³-hybridized carbons (Fsp3) is 0.857. The maximum absolute atomic E-state index is 12.1. The Balaban J connectivity index is 2.54. The molecule has 0 aromatic heterocycles. The second kappa shape index (κ2) is 6.78. The summed E-state index contributed by atoms with van der Waals surface area (Å²) >= 11 is 0. The number of aliphatic carboxylic acids is 1. The van der Waals surface area contributed by atoms with Gasteiger partial charge in [-0.2, -0.15) is 0 Å². The Morgan fingerprint density at radius 3 is 2.16 bits per heavy atom. The third-order valence-electron chi connectivity index (χ3n) is 4.07. The number of nitrogens with one attached hydrogen (secondary N) is 1. The second-order valence-corrected chi connectivity index (χ2v) is 6.03. The van der Waals surface area contributed by atoms with E-state index in [1.807, 2.05) is 0 Å². The Kier molecular flexibility index (Phi) is 5.63. The van der Waals surface area contributed by atoms with Gasteiger partial charge in [0, 0.05) is 13.1 Å². The molecule has 0 bridgehead atoms. The van der Waals surface area contributed by atoms with Crippen molar-refractivity contribution in [3.05, 3.63) is 0 Å². The van der Waals surface area contributed by atoms with Crippen molar-refractivity contribution in [1.29, 1.82) is 0 Å². The lowest BCUT2D eigenvalue weighted by Gasteiger charge is -2.34. The van der Waals surface area contributed by atoms with Crippen LogP contribution < -0.4 is 5.32 Å². The standard InChI is InChI=1S/C14H26N2O3/c1-9(2)12(13(17)18)15-14(19)16(4)11-7-5-10(3)6-8-11/h9-12H,5-8H2,1-4H3,(H,15,19)(H,17,18). The first-order chi connectivity index (χ1) is 8.82. The number of rotatable bonds is 4. The minimum Gasteiger partial charge on any atom is -0.480 e. The zero-order valence-electron chi connectivity index (χ0n) is 12.3. The highest BCUT2D eigenvalue weighted by molar-refractivity contribution is 5.82. The summed E-state index contributed by atoms with van der Waals surface area (Å²) in [7, 11) is 1.76. The topological polar surface area (TPSA) is 69.6 Å². The zero-order valence-corrected chi connectivity index (χ0v) is 12.3. The van der Waals surface area contributed by atoms with Crippen LogP contribution in [0.4, 0.5) is 4.79 Å². The molecule has 0 heterocycles. The third kappa shape index (κ3) is 4.40. The Morgan fingerprint density at radius 1 is 1.21 bits per heavy atom. The van der Waals surface area contributed by atoms with Gasteiger partial charge in [0.25, 0.3) is 0 Å². The molecule has 19 heavy (non-hydrogen) atoms. The summed E-state index contributed by atoms with van der Waals surface area (Å²) in [6.45, 7) is 5.82. The van der Waals surface area contributed by atoms with Crippen molar-refractivity contribution in [2.45, 2.75) is 58.5 Å². The summed E-state index contributed by atoms with van der Waals surface area (Å²) in [5.41, 5.74) is 0. The lowest BCUT2D eigenvalue weighted by molar-refractivity contribution is -0.140. The maximum atomic E-state index is 12.1. The molecule has 110 valence electrons. The van der Waals surface area contributed by atoms with Crippen LogP contribution in [0.1, 0.15) is 46.5 Å². The first-order valence-corrected chi connectivity index (χ1v) is 7.09. The van der Waals surface area contributed by atoms with E-state index in [1.165, 1.54) is 0 Å². The van der Waals surface area contributed by atoms with Crippen LogP contribution >= 0.6 is 0 Å². The van der Waals surface area contributed by atoms with Crippen molar-refractivity contribution in [3.63, 3.8) is 0 Å². The van der Waals surface area contributed by atoms with Crippen LogP contribution in [0.25, 0.3) is 0 Å². The number of hydrogen-bond acceptors (Lipinski definition) is 2. The summed E-state index contributed by atoms with van der Waals surface area (Å²) in [6.07, 6.45) is 4.28. The highest BCUT2D eigenvalue weighted by Gasteiger charge is 2.29. The highest BCUT2D eigenvalue weighted by atomic mass is 16.4. The Bertz CT molecular complexity index is 323. The molecule has 1 rings (SSSR count). The highest BCUT2D eigenvalue weighted by Crippen LogP contribution is 2.26. The molecule has 0 aromatic rings. The molecular formula is C14H26N2O3. The van der Waals surface area contributed by atoms with Crippen molar-refractivity contribution in [1.82, 2.24) is 10.2 Å². The molecule has 0 aliphatic heterocycles. The summed E-state index contributed by atoms with van der Waals surface area (Å²) in [5.74, 6) is -0.370. The molecule has 1 fully saturated rings. The van der Waals surface area contributed by atoms with Crippen molar-refractivity contribution in [2.75, 3.05) is 7.05 Å². The molecule has 1 aliphatic carbocycles. The molecule has 0 radical (unpaired) electrons. The van der Waals surface area contributed by atoms with Gasteiger partial charge in [-0.15, -0.1) is 0 Å². The first kappa shape index (κ1) is 15.8. The zero-order chi connectivity index (χ0) is 14.6. The normalized spacial score (nSPS) is 24.9. The largest absolute Gasteiger partial charge is 0.480 e. The van der Waals surface area contributed by atoms with Gasteiger partial charge in [0.15, 0.2) is 0 Å². The van der Waals surface area contributed by atoms with Crippen LogP contribution in [0.2, 0.25) is 0 Å². The van der Waals surface area contributed by atoms with Crippen molar-refractivity contribution < 1.29 is 14.7 Å². The van der Waals surface area contributed by atoms with Gasteiger partial charge in [0.2, 0.25) is 0 Å². The lowest BCUT2D eigenvalue weighted by atomic mass is 9.87. The predicted octanol–water partition coefficient (Wildman–Crippen LogP) is 2.32.